The zero-order chi connectivity index (χ0) is 19.7. The van der Waals surface area contributed by atoms with Gasteiger partial charge < -0.3 is 9.84 Å². The summed E-state index contributed by atoms with van der Waals surface area (Å²) in [5.74, 6) is 2.78. The first-order valence-corrected chi connectivity index (χ1v) is 10.4. The number of aromatic nitrogens is 2. The van der Waals surface area contributed by atoms with Gasteiger partial charge in [0.2, 0.25) is 0 Å². The van der Waals surface area contributed by atoms with Crippen LogP contribution in [0.3, 0.4) is 0 Å². The van der Waals surface area contributed by atoms with Gasteiger partial charge in [-0.2, -0.15) is 0 Å². The third-order valence-electron chi connectivity index (χ3n) is 6.48. The summed E-state index contributed by atoms with van der Waals surface area (Å²) in [6.07, 6.45) is 6.94. The number of methoxy groups -OCH3 is 1. The highest BCUT2D eigenvalue weighted by molar-refractivity contribution is 5.39. The second-order valence-electron chi connectivity index (χ2n) is 8.68. The lowest BCUT2D eigenvalue weighted by molar-refractivity contribution is -0.0662. The van der Waals surface area contributed by atoms with Gasteiger partial charge in [0.15, 0.2) is 0 Å². The lowest BCUT2D eigenvalue weighted by atomic mass is 9.67. The summed E-state index contributed by atoms with van der Waals surface area (Å²) in [4.78, 5) is 11.5. The maximum absolute atomic E-state index is 11.8. The fourth-order valence-corrected chi connectivity index (χ4v) is 5.08. The van der Waals surface area contributed by atoms with E-state index in [1.54, 1.807) is 7.11 Å². The highest BCUT2D eigenvalue weighted by atomic mass is 16.5. The number of fused-ring (bicyclic) bond motifs is 1. The Labute approximate surface area is 167 Å². The molecule has 1 saturated carbocycles. The van der Waals surface area contributed by atoms with Gasteiger partial charge in [-0.3, -0.25) is 4.90 Å². The molecule has 0 bridgehead atoms. The molecule has 28 heavy (non-hydrogen) atoms. The van der Waals surface area contributed by atoms with E-state index < -0.39 is 5.60 Å². The molecule has 2 fully saturated rings. The molecular weight excluding hydrogens is 350 g/mol. The molecule has 2 aliphatic rings. The number of para-hydroxylation sites is 1. The van der Waals surface area contributed by atoms with E-state index in [2.05, 4.69) is 28.7 Å². The monoisotopic (exact) mass is 381 g/mol. The zero-order valence-electron chi connectivity index (χ0n) is 17.1. The van der Waals surface area contributed by atoms with Gasteiger partial charge >= 0.3 is 0 Å². The molecule has 3 atom stereocenters. The van der Waals surface area contributed by atoms with Crippen molar-refractivity contribution in [3.8, 4) is 5.75 Å². The number of rotatable bonds is 5. The van der Waals surface area contributed by atoms with Crippen LogP contribution in [0.1, 0.15) is 56.0 Å². The van der Waals surface area contributed by atoms with E-state index in [-0.39, 0.29) is 5.92 Å². The molecule has 5 nitrogen and oxygen atoms in total. The van der Waals surface area contributed by atoms with Crippen LogP contribution in [-0.4, -0.2) is 40.2 Å². The smallest absolute Gasteiger partial charge is 0.130 e. The van der Waals surface area contributed by atoms with Gasteiger partial charge in [-0.05, 0) is 31.2 Å². The summed E-state index contributed by atoms with van der Waals surface area (Å²) in [5, 5.41) is 11.8. The summed E-state index contributed by atoms with van der Waals surface area (Å²) in [6.45, 7) is 6.98. The van der Waals surface area contributed by atoms with Crippen molar-refractivity contribution in [2.24, 2.45) is 11.8 Å². The predicted octanol–water partition coefficient (Wildman–Crippen LogP) is 3.73. The van der Waals surface area contributed by atoms with Gasteiger partial charge in [0.25, 0.3) is 0 Å². The number of ether oxygens (including phenoxy) is 1. The summed E-state index contributed by atoms with van der Waals surface area (Å²) < 4.78 is 5.58. The van der Waals surface area contributed by atoms with E-state index in [9.17, 15) is 5.11 Å². The lowest BCUT2D eigenvalue weighted by Gasteiger charge is -2.42. The zero-order valence-corrected chi connectivity index (χ0v) is 17.1. The third kappa shape index (κ3) is 3.53. The van der Waals surface area contributed by atoms with Gasteiger partial charge in [0.05, 0.1) is 12.7 Å². The van der Waals surface area contributed by atoms with Crippen molar-refractivity contribution in [2.45, 2.75) is 51.2 Å². The first-order valence-electron chi connectivity index (χ1n) is 10.4. The molecule has 4 rings (SSSR count). The Morgan fingerprint density at radius 2 is 1.96 bits per heavy atom. The quantitative estimate of drug-likeness (QED) is 0.855. The Hall–Kier alpha value is -1.98. The normalized spacial score (nSPS) is 27.8. The van der Waals surface area contributed by atoms with Gasteiger partial charge in [-0.15, -0.1) is 0 Å². The summed E-state index contributed by atoms with van der Waals surface area (Å²) in [7, 11) is 1.68. The molecule has 0 unspecified atom stereocenters. The number of benzene rings is 1. The molecule has 1 aromatic carbocycles. The Morgan fingerprint density at radius 1 is 1.21 bits per heavy atom. The molecule has 150 valence electrons. The standard InChI is InChI=1S/C23H31N3O2/c1-16(2)22-24-11-17(12-25-22)13-26-14-18-7-6-10-23(27,20(18)15-26)19-8-4-5-9-21(19)28-3/h4-5,8-9,11-12,16,18,20,27H,6-7,10,13-15H2,1-3H3/t18-,20+,23-/m1/s1. The maximum Gasteiger partial charge on any atom is 0.130 e. The van der Waals surface area contributed by atoms with Crippen LogP contribution in [0.15, 0.2) is 36.7 Å². The minimum atomic E-state index is -0.817. The van der Waals surface area contributed by atoms with Crippen LogP contribution in [0.25, 0.3) is 0 Å². The van der Waals surface area contributed by atoms with Crippen LogP contribution in [-0.2, 0) is 12.1 Å². The van der Waals surface area contributed by atoms with Gasteiger partial charge in [-0.1, -0.05) is 32.0 Å². The largest absolute Gasteiger partial charge is 0.496 e. The van der Waals surface area contributed by atoms with E-state index in [0.717, 1.165) is 55.2 Å². The molecule has 1 saturated heterocycles. The van der Waals surface area contributed by atoms with Crippen LogP contribution < -0.4 is 4.74 Å². The first kappa shape index (κ1) is 19.3. The van der Waals surface area contributed by atoms with Crippen LogP contribution in [0, 0.1) is 11.8 Å². The molecule has 0 spiro atoms. The number of hydrogen-bond donors (Lipinski definition) is 1. The van der Waals surface area contributed by atoms with Crippen LogP contribution in [0.2, 0.25) is 0 Å². The molecule has 2 heterocycles. The molecule has 2 aromatic rings. The SMILES string of the molecule is COc1ccccc1[C@]1(O)CCC[C@@H]2CN(Cc3cnc(C(C)C)nc3)C[C@@H]21. The topological polar surface area (TPSA) is 58.5 Å². The van der Waals surface area contributed by atoms with Gasteiger partial charge in [0.1, 0.15) is 11.6 Å². The second-order valence-corrected chi connectivity index (χ2v) is 8.68. The molecule has 1 aliphatic carbocycles. The molecule has 5 heteroatoms. The third-order valence-corrected chi connectivity index (χ3v) is 6.48. The summed E-state index contributed by atoms with van der Waals surface area (Å²) >= 11 is 0. The van der Waals surface area contributed by atoms with Crippen molar-refractivity contribution in [3.05, 3.63) is 53.6 Å². The highest BCUT2D eigenvalue weighted by Crippen LogP contribution is 2.50. The fourth-order valence-electron chi connectivity index (χ4n) is 5.08. The van der Waals surface area contributed by atoms with Crippen LogP contribution in [0.4, 0.5) is 0 Å². The maximum atomic E-state index is 11.8. The molecule has 1 aromatic heterocycles. The summed E-state index contributed by atoms with van der Waals surface area (Å²) in [5.41, 5.74) is 1.27. The van der Waals surface area contributed by atoms with E-state index in [4.69, 9.17) is 4.74 Å². The minimum absolute atomic E-state index is 0.230. The van der Waals surface area contributed by atoms with Crippen molar-refractivity contribution < 1.29 is 9.84 Å². The molecule has 1 aliphatic heterocycles. The van der Waals surface area contributed by atoms with Crippen molar-refractivity contribution >= 4 is 0 Å². The Morgan fingerprint density at radius 3 is 2.68 bits per heavy atom. The predicted molar refractivity (Wildman–Crippen MR) is 109 cm³/mol. The number of likely N-dealkylation sites (tertiary alicyclic amines) is 1. The molecule has 0 radical (unpaired) electrons. The lowest BCUT2D eigenvalue weighted by Crippen LogP contribution is -2.43. The highest BCUT2D eigenvalue weighted by Gasteiger charge is 2.50. The number of hydrogen-bond acceptors (Lipinski definition) is 5. The van der Waals surface area contributed by atoms with Gasteiger partial charge in [-0.25, -0.2) is 9.97 Å². The average Bonchev–Trinajstić information content (AvgIpc) is 3.12. The van der Waals surface area contributed by atoms with Gasteiger partial charge in [0, 0.05) is 55.0 Å². The first-order chi connectivity index (χ1) is 13.5. The Kier molecular flexibility index (Phi) is 5.39. The van der Waals surface area contributed by atoms with Crippen molar-refractivity contribution in [1.29, 1.82) is 0 Å². The minimum Gasteiger partial charge on any atom is -0.496 e. The fraction of sp³-hybridized carbons (Fsp3) is 0.565. The van der Waals surface area contributed by atoms with E-state index in [0.29, 0.717) is 11.8 Å². The van der Waals surface area contributed by atoms with E-state index in [1.807, 2.05) is 36.7 Å². The summed E-state index contributed by atoms with van der Waals surface area (Å²) in [6, 6.07) is 7.95. The Balaban J connectivity index is 1.53. The number of aliphatic hydroxyl groups is 1. The van der Waals surface area contributed by atoms with E-state index in [1.165, 1.54) is 6.42 Å². The average molecular weight is 382 g/mol. The molecular formula is C23H31N3O2. The van der Waals surface area contributed by atoms with Crippen molar-refractivity contribution in [1.82, 2.24) is 14.9 Å². The van der Waals surface area contributed by atoms with E-state index >= 15 is 0 Å². The number of nitrogens with zero attached hydrogens (tertiary/aromatic N) is 3. The van der Waals surface area contributed by atoms with Crippen molar-refractivity contribution in [2.75, 3.05) is 20.2 Å². The molecule has 0 amide bonds. The Bertz CT molecular complexity index is 808. The van der Waals surface area contributed by atoms with Crippen LogP contribution >= 0.6 is 0 Å². The molecule has 1 N–H and O–H groups in total. The second kappa shape index (κ2) is 7.80. The van der Waals surface area contributed by atoms with Crippen LogP contribution in [0.5, 0.6) is 5.75 Å². The van der Waals surface area contributed by atoms with Crippen molar-refractivity contribution in [3.63, 3.8) is 0 Å².